The van der Waals surface area contributed by atoms with E-state index in [1.807, 2.05) is 0 Å². The van der Waals surface area contributed by atoms with Gasteiger partial charge in [-0.15, -0.1) is 0 Å². The van der Waals surface area contributed by atoms with Gasteiger partial charge in [0, 0.05) is 11.4 Å². The zero-order chi connectivity index (χ0) is 11.1. The molecule has 88 valence electrons. The predicted octanol–water partition coefficient (Wildman–Crippen LogP) is -2.83. The molecular formula is C8H12N2O4Pt. The van der Waals surface area contributed by atoms with E-state index in [0.29, 0.717) is 0 Å². The first kappa shape index (κ1) is 16.4. The van der Waals surface area contributed by atoms with Gasteiger partial charge < -0.3 is 31.3 Å². The molecule has 7 heteroatoms. The van der Waals surface area contributed by atoms with E-state index in [9.17, 15) is 0 Å². The minimum Gasteiger partial charge on any atom is -0.543 e. The molecule has 0 radical (unpaired) electrons. The molecule has 0 fully saturated rings. The average molecular weight is 395 g/mol. The molecule has 4 N–H and O–H groups in total. The van der Waals surface area contributed by atoms with Crippen molar-refractivity contribution >= 4 is 11.9 Å². The predicted molar refractivity (Wildman–Crippen MR) is 43.9 cm³/mol. The first-order valence-corrected chi connectivity index (χ1v) is 4.10. The number of carbonyl (C=O) groups excluding carboxylic acids is 2. The molecule has 0 aromatic heterocycles. The number of nitrogens with two attached hydrogens (primary N) is 2. The van der Waals surface area contributed by atoms with E-state index < -0.39 is 11.9 Å². The normalized spacial score (nSPS) is 14.4. The van der Waals surface area contributed by atoms with Crippen LogP contribution in [0.3, 0.4) is 0 Å². The summed E-state index contributed by atoms with van der Waals surface area (Å²) in [6.07, 6.45) is 4.44. The van der Waals surface area contributed by atoms with Crippen molar-refractivity contribution in [3.05, 3.63) is 11.4 Å². The zero-order valence-corrected chi connectivity index (χ0v) is 10.2. The summed E-state index contributed by atoms with van der Waals surface area (Å²) in [5.74, 6) is -4.37. The van der Waals surface area contributed by atoms with E-state index in [4.69, 9.17) is 31.3 Å². The van der Waals surface area contributed by atoms with E-state index in [0.717, 1.165) is 24.2 Å². The fourth-order valence-corrected chi connectivity index (χ4v) is 0.952. The second-order valence-corrected chi connectivity index (χ2v) is 2.83. The third-order valence-corrected chi connectivity index (χ3v) is 1.72. The Morgan fingerprint density at radius 2 is 1.20 bits per heavy atom. The largest absolute Gasteiger partial charge is 2.00 e. The van der Waals surface area contributed by atoms with Crippen LogP contribution in [-0.2, 0) is 30.7 Å². The van der Waals surface area contributed by atoms with Crippen LogP contribution in [-0.4, -0.2) is 11.9 Å². The van der Waals surface area contributed by atoms with E-state index in [-0.39, 0.29) is 21.1 Å². The third kappa shape index (κ3) is 8.00. The molecule has 0 saturated heterocycles. The summed E-state index contributed by atoms with van der Waals surface area (Å²) < 4.78 is 0. The van der Waals surface area contributed by atoms with Crippen LogP contribution in [0.2, 0.25) is 0 Å². The van der Waals surface area contributed by atoms with Gasteiger partial charge in [0.15, 0.2) is 0 Å². The van der Waals surface area contributed by atoms with Crippen LogP contribution in [0, 0.1) is 0 Å². The first-order chi connectivity index (χ1) is 6.45. The molecule has 0 amide bonds. The summed E-state index contributed by atoms with van der Waals surface area (Å²) in [4.78, 5) is 17.9. The summed E-state index contributed by atoms with van der Waals surface area (Å²) in [7, 11) is 0. The molecule has 0 atom stereocenters. The quantitative estimate of drug-likeness (QED) is 0.425. The summed E-state index contributed by atoms with van der Waals surface area (Å²) >= 11 is 0. The van der Waals surface area contributed by atoms with Crippen molar-refractivity contribution in [2.24, 2.45) is 11.5 Å². The molecule has 0 saturated carbocycles. The van der Waals surface area contributed by atoms with E-state index in [1.165, 1.54) is 12.8 Å². The number of aliphatic carboxylic acids is 2. The molecule has 1 aliphatic carbocycles. The number of carbonyl (C=O) groups is 2. The fourth-order valence-electron chi connectivity index (χ4n) is 0.952. The first-order valence-electron chi connectivity index (χ1n) is 4.10. The van der Waals surface area contributed by atoms with Crippen molar-refractivity contribution in [1.82, 2.24) is 0 Å². The molecule has 6 nitrogen and oxygen atoms in total. The van der Waals surface area contributed by atoms with Gasteiger partial charge in [-0.25, -0.2) is 0 Å². The number of rotatable bonds is 0. The molecule has 15 heavy (non-hydrogen) atoms. The van der Waals surface area contributed by atoms with E-state index in [2.05, 4.69) is 0 Å². The van der Waals surface area contributed by atoms with Crippen LogP contribution in [0.25, 0.3) is 0 Å². The molecular weight excluding hydrogens is 383 g/mol. The van der Waals surface area contributed by atoms with Gasteiger partial charge >= 0.3 is 21.1 Å². The Morgan fingerprint density at radius 1 is 0.933 bits per heavy atom. The Labute approximate surface area is 102 Å². The number of allylic oxidation sites excluding steroid dienone is 2. The molecule has 0 aliphatic heterocycles. The molecule has 0 spiro atoms. The second kappa shape index (κ2) is 8.29. The zero-order valence-electron chi connectivity index (χ0n) is 7.93. The number of carboxylic acid groups (broad SMARTS) is 2. The Bertz CT molecular complexity index is 239. The number of hydrogen-bond acceptors (Lipinski definition) is 6. The Hall–Kier alpha value is -1.03. The van der Waals surface area contributed by atoms with Crippen molar-refractivity contribution < 1.29 is 40.9 Å². The molecule has 0 aromatic rings. The Kier molecular flexibility index (Phi) is 9.06. The smallest absolute Gasteiger partial charge is 0.543 e. The van der Waals surface area contributed by atoms with Crippen molar-refractivity contribution in [2.45, 2.75) is 25.7 Å². The van der Waals surface area contributed by atoms with Gasteiger partial charge in [0.05, 0.1) is 11.9 Å². The van der Waals surface area contributed by atoms with Gasteiger partial charge in [-0.3, -0.25) is 0 Å². The topological polar surface area (TPSA) is 132 Å². The van der Waals surface area contributed by atoms with Gasteiger partial charge in [0.2, 0.25) is 0 Å². The van der Waals surface area contributed by atoms with Gasteiger partial charge in [-0.1, -0.05) is 0 Å². The summed E-state index contributed by atoms with van der Waals surface area (Å²) in [6.45, 7) is 0. The van der Waals surface area contributed by atoms with Crippen LogP contribution in [0.1, 0.15) is 25.7 Å². The van der Waals surface area contributed by atoms with Gasteiger partial charge in [0.25, 0.3) is 0 Å². The molecule has 0 bridgehead atoms. The molecule has 1 aliphatic rings. The SMILES string of the molecule is NC1=C(N)CCCC1.O=C([O-])C(=O)[O-].[Pt+2]. The van der Waals surface area contributed by atoms with Gasteiger partial charge in [-0.2, -0.15) is 0 Å². The molecule has 0 unspecified atom stereocenters. The summed E-state index contributed by atoms with van der Waals surface area (Å²) in [5, 5.41) is 17.9. The van der Waals surface area contributed by atoms with Crippen molar-refractivity contribution in [3.8, 4) is 0 Å². The van der Waals surface area contributed by atoms with E-state index >= 15 is 0 Å². The van der Waals surface area contributed by atoms with Crippen LogP contribution in [0.4, 0.5) is 0 Å². The van der Waals surface area contributed by atoms with Crippen molar-refractivity contribution in [1.29, 1.82) is 0 Å². The maximum absolute atomic E-state index is 8.93. The van der Waals surface area contributed by atoms with Crippen molar-refractivity contribution in [3.63, 3.8) is 0 Å². The van der Waals surface area contributed by atoms with E-state index in [1.54, 1.807) is 0 Å². The van der Waals surface area contributed by atoms with Crippen LogP contribution in [0.5, 0.6) is 0 Å². The maximum Gasteiger partial charge on any atom is 2.00 e. The summed E-state index contributed by atoms with van der Waals surface area (Å²) in [5.41, 5.74) is 12.9. The average Bonchev–Trinajstić information content (AvgIpc) is 2.11. The second-order valence-electron chi connectivity index (χ2n) is 2.83. The summed E-state index contributed by atoms with van der Waals surface area (Å²) in [6, 6.07) is 0. The molecule has 0 aromatic carbocycles. The minimum atomic E-state index is -2.19. The fraction of sp³-hybridized carbons (Fsp3) is 0.500. The number of hydrogen-bond donors (Lipinski definition) is 2. The third-order valence-electron chi connectivity index (χ3n) is 1.72. The number of carboxylic acids is 2. The monoisotopic (exact) mass is 395 g/mol. The molecule has 1 rings (SSSR count). The Morgan fingerprint density at radius 3 is 1.33 bits per heavy atom. The van der Waals surface area contributed by atoms with Crippen LogP contribution < -0.4 is 21.7 Å². The maximum atomic E-state index is 8.93. The van der Waals surface area contributed by atoms with Crippen LogP contribution in [0.15, 0.2) is 11.4 Å². The Balaban J connectivity index is 0. The van der Waals surface area contributed by atoms with Gasteiger partial charge in [-0.05, 0) is 25.7 Å². The van der Waals surface area contributed by atoms with Gasteiger partial charge in [0.1, 0.15) is 0 Å². The van der Waals surface area contributed by atoms with Crippen molar-refractivity contribution in [2.75, 3.05) is 0 Å². The van der Waals surface area contributed by atoms with Crippen LogP contribution >= 0.6 is 0 Å². The minimum absolute atomic E-state index is 0. The standard InChI is InChI=1S/C6H12N2.C2H2O4.Pt/c7-5-3-1-2-4-6(5)8;3-1(4)2(5)6;/h1-4,7-8H2;(H,3,4)(H,5,6);/q;;+2/p-2. The molecule has 0 heterocycles.